The second-order valence-electron chi connectivity index (χ2n) is 9.22. The van der Waals surface area contributed by atoms with Crippen LogP contribution in [0.5, 0.6) is 0 Å². The van der Waals surface area contributed by atoms with Crippen molar-refractivity contribution in [1.29, 1.82) is 5.26 Å². The summed E-state index contributed by atoms with van der Waals surface area (Å²) in [6.07, 6.45) is 6.90. The van der Waals surface area contributed by atoms with Gasteiger partial charge in [0.15, 0.2) is 0 Å². The zero-order chi connectivity index (χ0) is 24.2. The van der Waals surface area contributed by atoms with E-state index < -0.39 is 5.82 Å². The minimum atomic E-state index is -0.417. The monoisotopic (exact) mass is 496 g/mol. The van der Waals surface area contributed by atoms with E-state index in [0.29, 0.717) is 17.8 Å². The Balaban J connectivity index is 1.49. The molecule has 1 atom stereocenters. The minimum Gasteiger partial charge on any atom is -0.316 e. The van der Waals surface area contributed by atoms with Gasteiger partial charge in [-0.15, -0.1) is 0 Å². The van der Waals surface area contributed by atoms with E-state index in [1.807, 2.05) is 12.3 Å². The standard InChI is InChI=1S/C26H31BClFN4S/c1-4-19(2)20-5-6-21(31-16-20)17-33(22-7-8-26(29)25(28)13-22)34(3)24-9-11-32(12-10-24)23-14-27(15-23)18-30/h5-8,13,16,23-24H,2-4,9-12,14-15,17H2,1H3. The second kappa shape index (κ2) is 11.1. The number of nitrogens with zero attached hydrogens (tertiary/aromatic N) is 4. The number of hydrogen-bond donors (Lipinski definition) is 0. The Kier molecular flexibility index (Phi) is 8.13. The molecule has 0 radical (unpaired) electrons. The van der Waals surface area contributed by atoms with Crippen LogP contribution in [0.25, 0.3) is 5.57 Å². The van der Waals surface area contributed by atoms with Gasteiger partial charge in [0.05, 0.1) is 17.3 Å². The van der Waals surface area contributed by atoms with Gasteiger partial charge < -0.3 is 9.21 Å². The molecular formula is C26H31BClFN4S. The second-order valence-corrected chi connectivity index (χ2v) is 11.5. The number of aromatic nitrogens is 1. The third kappa shape index (κ3) is 5.57. The van der Waals surface area contributed by atoms with Gasteiger partial charge in [-0.25, -0.2) is 9.65 Å². The van der Waals surface area contributed by atoms with Crippen LogP contribution in [0, 0.1) is 17.0 Å². The van der Waals surface area contributed by atoms with E-state index in [1.165, 1.54) is 6.07 Å². The van der Waals surface area contributed by atoms with Gasteiger partial charge >= 0.3 is 0 Å². The third-order valence-corrected chi connectivity index (χ3v) is 9.55. The molecule has 2 aliphatic heterocycles. The molecule has 0 aliphatic carbocycles. The molecular weight excluding hydrogens is 466 g/mol. The van der Waals surface area contributed by atoms with Crippen molar-refractivity contribution in [3.63, 3.8) is 0 Å². The van der Waals surface area contributed by atoms with Crippen molar-refractivity contribution in [3.8, 4) is 5.97 Å². The highest BCUT2D eigenvalue weighted by molar-refractivity contribution is 8.15. The van der Waals surface area contributed by atoms with Gasteiger partial charge in [-0.1, -0.05) is 47.7 Å². The molecule has 8 heteroatoms. The van der Waals surface area contributed by atoms with Gasteiger partial charge in [0.2, 0.25) is 0 Å². The van der Waals surface area contributed by atoms with E-state index >= 15 is 0 Å². The number of benzene rings is 1. The number of allylic oxidation sites excluding steroid dienone is 1. The summed E-state index contributed by atoms with van der Waals surface area (Å²) in [4.78, 5) is 7.23. The first-order chi connectivity index (χ1) is 16.4. The smallest absolute Gasteiger partial charge is 0.270 e. The van der Waals surface area contributed by atoms with Crippen molar-refractivity contribution in [2.45, 2.75) is 56.7 Å². The van der Waals surface area contributed by atoms with E-state index in [-0.39, 0.29) is 22.4 Å². The summed E-state index contributed by atoms with van der Waals surface area (Å²) < 4.78 is 16.1. The summed E-state index contributed by atoms with van der Waals surface area (Å²) in [6.45, 7) is 9.08. The molecule has 1 unspecified atom stereocenters. The number of likely N-dealkylation sites (tertiary alicyclic amines) is 1. The lowest BCUT2D eigenvalue weighted by Gasteiger charge is -2.44. The summed E-state index contributed by atoms with van der Waals surface area (Å²) in [5.41, 5.74) is 3.92. The molecule has 2 saturated heterocycles. The van der Waals surface area contributed by atoms with Crippen LogP contribution in [0.2, 0.25) is 17.7 Å². The summed E-state index contributed by atoms with van der Waals surface area (Å²) in [5.74, 6) is 6.56. The molecule has 2 aromatic rings. The van der Waals surface area contributed by atoms with Gasteiger partial charge in [-0.2, -0.15) is 0 Å². The number of hydrogen-bond acceptors (Lipinski definition) is 4. The van der Waals surface area contributed by atoms with Gasteiger partial charge in [0.25, 0.3) is 6.71 Å². The average Bonchev–Trinajstić information content (AvgIpc) is 2.83. The molecule has 0 spiro atoms. The number of piperidine rings is 1. The normalized spacial score (nSPS) is 18.2. The molecule has 0 N–H and O–H groups in total. The van der Waals surface area contributed by atoms with Crippen LogP contribution in [-0.2, 0) is 6.54 Å². The molecule has 1 aromatic heterocycles. The van der Waals surface area contributed by atoms with Gasteiger partial charge in [0.1, 0.15) is 5.82 Å². The first kappa shape index (κ1) is 25.0. The third-order valence-electron chi connectivity index (χ3n) is 7.11. The molecule has 4 nitrogen and oxygen atoms in total. The molecule has 1 aromatic carbocycles. The van der Waals surface area contributed by atoms with Crippen LogP contribution < -0.4 is 4.31 Å². The number of halogens is 2. The molecule has 2 aliphatic rings. The minimum absolute atomic E-state index is 0.119. The van der Waals surface area contributed by atoms with Crippen molar-refractivity contribution in [3.05, 3.63) is 65.2 Å². The summed E-state index contributed by atoms with van der Waals surface area (Å²) in [6, 6.07) is 9.57. The molecule has 178 valence electrons. The predicted molar refractivity (Wildman–Crippen MR) is 145 cm³/mol. The topological polar surface area (TPSA) is 43.2 Å². The lowest BCUT2D eigenvalue weighted by molar-refractivity contribution is 0.176. The Morgan fingerprint density at radius 1 is 1.32 bits per heavy atom. The van der Waals surface area contributed by atoms with Crippen molar-refractivity contribution >= 4 is 46.1 Å². The summed E-state index contributed by atoms with van der Waals surface area (Å²) in [5, 5.41) is 9.63. The van der Waals surface area contributed by atoms with E-state index in [1.54, 1.807) is 12.1 Å². The Hall–Kier alpha value is -2.14. The molecule has 2 fully saturated rings. The molecule has 4 rings (SSSR count). The molecule has 34 heavy (non-hydrogen) atoms. The van der Waals surface area contributed by atoms with Crippen LogP contribution in [0.4, 0.5) is 10.1 Å². The van der Waals surface area contributed by atoms with Crippen molar-refractivity contribution in [2.24, 2.45) is 0 Å². The predicted octanol–water partition coefficient (Wildman–Crippen LogP) is 6.32. The number of pyridine rings is 1. The number of anilines is 1. The van der Waals surface area contributed by atoms with Gasteiger partial charge in [-0.3, -0.25) is 4.98 Å². The first-order valence-electron chi connectivity index (χ1n) is 11.9. The first-order valence-corrected chi connectivity index (χ1v) is 13.7. The molecule has 0 amide bonds. The van der Waals surface area contributed by atoms with Gasteiger partial charge in [0, 0.05) is 23.1 Å². The van der Waals surface area contributed by atoms with E-state index in [2.05, 4.69) is 45.6 Å². The van der Waals surface area contributed by atoms with E-state index in [4.69, 9.17) is 16.9 Å². The Morgan fingerprint density at radius 2 is 2.06 bits per heavy atom. The zero-order valence-corrected chi connectivity index (χ0v) is 21.3. The van der Waals surface area contributed by atoms with Crippen LogP contribution in [0.1, 0.15) is 37.4 Å². The zero-order valence-electron chi connectivity index (χ0n) is 19.7. The SMILES string of the molecule is C=C(CC)c1ccc(CN(c2ccc(F)c(Cl)c2)S(=C)C2CCN(C3CB(C#N)C3)CC2)nc1. The number of rotatable bonds is 8. The highest BCUT2D eigenvalue weighted by Gasteiger charge is 2.38. The van der Waals surface area contributed by atoms with Crippen molar-refractivity contribution in [2.75, 3.05) is 17.4 Å². The van der Waals surface area contributed by atoms with Crippen molar-refractivity contribution in [1.82, 2.24) is 9.88 Å². The summed E-state index contributed by atoms with van der Waals surface area (Å²) >= 11 is 6.15. The largest absolute Gasteiger partial charge is 0.316 e. The van der Waals surface area contributed by atoms with Crippen LogP contribution in [-0.4, -0.2) is 46.8 Å². The quantitative estimate of drug-likeness (QED) is 0.317. The molecule has 0 saturated carbocycles. The van der Waals surface area contributed by atoms with Gasteiger partial charge in [-0.05, 0) is 86.4 Å². The highest BCUT2D eigenvalue weighted by atomic mass is 35.5. The number of nitriles is 1. The Labute approximate surface area is 210 Å². The fraction of sp³-hybridized carbons (Fsp3) is 0.423. The fourth-order valence-corrected chi connectivity index (χ4v) is 6.68. The Morgan fingerprint density at radius 3 is 2.65 bits per heavy atom. The van der Waals surface area contributed by atoms with Crippen LogP contribution >= 0.6 is 22.3 Å². The maximum atomic E-state index is 13.9. The van der Waals surface area contributed by atoms with Crippen molar-refractivity contribution < 1.29 is 4.39 Å². The lowest BCUT2D eigenvalue weighted by Crippen LogP contribution is -2.51. The van der Waals surface area contributed by atoms with E-state index in [0.717, 1.165) is 67.5 Å². The fourth-order valence-electron chi connectivity index (χ4n) is 4.71. The highest BCUT2D eigenvalue weighted by Crippen LogP contribution is 2.39. The average molecular weight is 497 g/mol. The maximum absolute atomic E-state index is 13.9. The van der Waals surface area contributed by atoms with Crippen LogP contribution in [0.3, 0.4) is 0 Å². The maximum Gasteiger partial charge on any atom is 0.270 e. The molecule has 0 bridgehead atoms. The Bertz CT molecular complexity index is 1090. The summed E-state index contributed by atoms with van der Waals surface area (Å²) in [7, 11) is -0.331. The van der Waals surface area contributed by atoms with E-state index in [9.17, 15) is 4.39 Å². The van der Waals surface area contributed by atoms with Crippen LogP contribution in [0.15, 0.2) is 43.1 Å². The molecule has 3 heterocycles. The lowest BCUT2D eigenvalue weighted by atomic mass is 9.34.